The minimum Gasteiger partial charge on any atom is -0.457 e. The van der Waals surface area contributed by atoms with Crippen LogP contribution >= 0.6 is 0 Å². The molecule has 0 atom stereocenters. The molecule has 270 valence electrons. The summed E-state index contributed by atoms with van der Waals surface area (Å²) in [5, 5.41) is 2.48. The van der Waals surface area contributed by atoms with Gasteiger partial charge in [-0.2, -0.15) is 0 Å². The van der Waals surface area contributed by atoms with Crippen LogP contribution in [0.4, 0.5) is 17.1 Å². The maximum absolute atomic E-state index is 6.99. The predicted octanol–water partition coefficient (Wildman–Crippen LogP) is 14.2. The maximum atomic E-state index is 6.99. The van der Waals surface area contributed by atoms with E-state index in [1.54, 1.807) is 0 Å². The van der Waals surface area contributed by atoms with Crippen LogP contribution in [-0.4, -0.2) is 0 Å². The highest BCUT2D eigenvalue weighted by Crippen LogP contribution is 2.69. The van der Waals surface area contributed by atoms with Gasteiger partial charge in [0, 0.05) is 39.4 Å². The SMILES string of the molecule is CC1(C)CCC(C)(C)c2cc(-c3ccc(N(c4ccc5c(c4)Oc4ccccc4C54C5CC6CC(C5)CC4C6)c4cccc5ccccc45)cc3)ccc21. The molecule has 5 aliphatic carbocycles. The van der Waals surface area contributed by atoms with Crippen LogP contribution in [0.3, 0.4) is 0 Å². The first-order chi connectivity index (χ1) is 26.2. The minimum atomic E-state index is 0.0424. The van der Waals surface area contributed by atoms with Gasteiger partial charge in [0.25, 0.3) is 0 Å². The molecule has 54 heavy (non-hydrogen) atoms. The second-order valence-corrected chi connectivity index (χ2v) is 18.9. The van der Waals surface area contributed by atoms with Gasteiger partial charge in [-0.15, -0.1) is 0 Å². The van der Waals surface area contributed by atoms with E-state index in [-0.39, 0.29) is 16.2 Å². The van der Waals surface area contributed by atoms with Crippen molar-refractivity contribution >= 4 is 27.8 Å². The van der Waals surface area contributed by atoms with Crippen LogP contribution in [0.15, 0.2) is 127 Å². The molecule has 0 aromatic heterocycles. The monoisotopic (exact) mass is 705 g/mol. The fourth-order valence-corrected chi connectivity index (χ4v) is 12.4. The highest BCUT2D eigenvalue weighted by Gasteiger charge is 2.61. The van der Waals surface area contributed by atoms with Gasteiger partial charge in [0.1, 0.15) is 11.5 Å². The van der Waals surface area contributed by atoms with E-state index in [1.807, 2.05) is 0 Å². The standard InChI is InChI=1S/C52H51NO/c1-50(2)24-25-51(3,4)46-31-37(18-22-43(46)50)35-16-19-40(20-17-35)53(47-14-9-11-36-10-5-6-12-42(36)47)41-21-23-45-49(32-41)54-48-15-8-7-13-44(48)52(45)38-27-33-26-34(29-38)30-39(52)28-33/h5-23,31-34,38-39H,24-30H2,1-4H3. The number of ether oxygens (including phenoxy) is 1. The first kappa shape index (κ1) is 32.6. The average Bonchev–Trinajstić information content (AvgIpc) is 3.18. The fraction of sp³-hybridized carbons (Fsp3) is 0.346. The molecule has 0 unspecified atom stereocenters. The Labute approximate surface area is 321 Å². The molecule has 2 heteroatoms. The van der Waals surface area contributed by atoms with Gasteiger partial charge in [-0.1, -0.05) is 119 Å². The molecule has 1 aliphatic heterocycles. The van der Waals surface area contributed by atoms with E-state index in [9.17, 15) is 0 Å². The van der Waals surface area contributed by atoms with Crippen molar-refractivity contribution < 1.29 is 4.74 Å². The summed E-state index contributed by atoms with van der Waals surface area (Å²) in [5.74, 6) is 5.28. The first-order valence-corrected chi connectivity index (χ1v) is 20.6. The molecule has 6 aromatic carbocycles. The highest BCUT2D eigenvalue weighted by atomic mass is 16.5. The van der Waals surface area contributed by atoms with Crippen molar-refractivity contribution in [3.63, 3.8) is 0 Å². The van der Waals surface area contributed by atoms with Crippen molar-refractivity contribution in [1.29, 1.82) is 0 Å². The molecule has 0 radical (unpaired) electrons. The minimum absolute atomic E-state index is 0.0424. The molecular formula is C52H51NO. The number of anilines is 3. The Bertz CT molecular complexity index is 2420. The second-order valence-electron chi connectivity index (χ2n) is 18.9. The van der Waals surface area contributed by atoms with Crippen LogP contribution in [0.2, 0.25) is 0 Å². The molecule has 0 saturated heterocycles. The fourth-order valence-electron chi connectivity index (χ4n) is 12.4. The van der Waals surface area contributed by atoms with E-state index >= 15 is 0 Å². The summed E-state index contributed by atoms with van der Waals surface area (Å²) < 4.78 is 6.99. The quantitative estimate of drug-likeness (QED) is 0.181. The lowest BCUT2D eigenvalue weighted by Crippen LogP contribution is -2.56. The Morgan fingerprint density at radius 2 is 1.11 bits per heavy atom. The number of benzene rings is 6. The Morgan fingerprint density at radius 1 is 0.500 bits per heavy atom. The summed E-state index contributed by atoms with van der Waals surface area (Å²) in [6.45, 7) is 9.65. The molecule has 4 saturated carbocycles. The van der Waals surface area contributed by atoms with Gasteiger partial charge in [-0.3, -0.25) is 0 Å². The Kier molecular flexibility index (Phi) is 7.00. The third-order valence-electron chi connectivity index (χ3n) is 15.0. The van der Waals surface area contributed by atoms with Crippen molar-refractivity contribution in [1.82, 2.24) is 0 Å². The van der Waals surface area contributed by atoms with E-state index in [0.29, 0.717) is 11.8 Å². The van der Waals surface area contributed by atoms with E-state index in [1.165, 1.54) is 94.8 Å². The summed E-state index contributed by atoms with van der Waals surface area (Å²) in [7, 11) is 0. The number of hydrogen-bond acceptors (Lipinski definition) is 2. The van der Waals surface area contributed by atoms with E-state index in [2.05, 4.69) is 160 Å². The van der Waals surface area contributed by atoms with Crippen molar-refractivity contribution in [3.8, 4) is 22.6 Å². The summed E-state index contributed by atoms with van der Waals surface area (Å²) >= 11 is 0. The maximum Gasteiger partial charge on any atom is 0.133 e. The molecular weight excluding hydrogens is 655 g/mol. The Morgan fingerprint density at radius 3 is 1.89 bits per heavy atom. The number of hydrogen-bond donors (Lipinski definition) is 0. The average molecular weight is 706 g/mol. The van der Waals surface area contributed by atoms with Crippen LogP contribution < -0.4 is 9.64 Å². The number of rotatable bonds is 4. The lowest BCUT2D eigenvalue weighted by Gasteiger charge is -2.63. The molecule has 0 amide bonds. The topological polar surface area (TPSA) is 12.5 Å². The second kappa shape index (κ2) is 11.6. The summed E-state index contributed by atoms with van der Waals surface area (Å²) in [5.41, 5.74) is 12.3. The molecule has 1 spiro atoms. The third kappa shape index (κ3) is 4.71. The van der Waals surface area contributed by atoms with E-state index in [4.69, 9.17) is 4.74 Å². The van der Waals surface area contributed by atoms with E-state index < -0.39 is 0 Å². The molecule has 0 N–H and O–H groups in total. The molecule has 1 heterocycles. The lowest BCUT2D eigenvalue weighted by atomic mass is 9.42. The Hall–Kier alpha value is -4.82. The van der Waals surface area contributed by atoms with Gasteiger partial charge in [0.2, 0.25) is 0 Å². The van der Waals surface area contributed by atoms with Crippen molar-refractivity contribution in [3.05, 3.63) is 150 Å². The van der Waals surface area contributed by atoms with Crippen LogP contribution in [-0.2, 0) is 16.2 Å². The summed E-state index contributed by atoms with van der Waals surface area (Å²) in [4.78, 5) is 2.46. The van der Waals surface area contributed by atoms with Gasteiger partial charge < -0.3 is 9.64 Å². The predicted molar refractivity (Wildman–Crippen MR) is 224 cm³/mol. The zero-order valence-electron chi connectivity index (χ0n) is 32.2. The highest BCUT2D eigenvalue weighted by molar-refractivity contribution is 5.99. The van der Waals surface area contributed by atoms with Gasteiger partial charge in [-0.25, -0.2) is 0 Å². The molecule has 6 aromatic rings. The van der Waals surface area contributed by atoms with Crippen LogP contribution in [0.25, 0.3) is 21.9 Å². The van der Waals surface area contributed by atoms with Gasteiger partial charge in [0.05, 0.1) is 5.69 Å². The van der Waals surface area contributed by atoms with Crippen LogP contribution in [0.1, 0.15) is 94.9 Å². The number of nitrogens with zero attached hydrogens (tertiary/aromatic N) is 1. The molecule has 4 fully saturated rings. The smallest absolute Gasteiger partial charge is 0.133 e. The third-order valence-corrected chi connectivity index (χ3v) is 15.0. The lowest BCUT2D eigenvalue weighted by molar-refractivity contribution is -0.0452. The van der Waals surface area contributed by atoms with Gasteiger partial charge in [-0.05, 0) is 137 Å². The zero-order valence-corrected chi connectivity index (χ0v) is 32.2. The van der Waals surface area contributed by atoms with Crippen LogP contribution in [0.5, 0.6) is 11.5 Å². The van der Waals surface area contributed by atoms with Crippen molar-refractivity contribution in [2.75, 3.05) is 4.90 Å². The number of fused-ring (bicyclic) bond motifs is 4. The largest absolute Gasteiger partial charge is 0.457 e. The number of para-hydroxylation sites is 1. The van der Waals surface area contributed by atoms with Crippen molar-refractivity contribution in [2.24, 2.45) is 23.7 Å². The van der Waals surface area contributed by atoms with Crippen LogP contribution in [0, 0.1) is 23.7 Å². The molecule has 12 rings (SSSR count). The molecule has 4 bridgehead atoms. The zero-order chi connectivity index (χ0) is 36.4. The summed E-state index contributed by atoms with van der Waals surface area (Å²) in [6, 6.07) is 48.2. The van der Waals surface area contributed by atoms with Gasteiger partial charge >= 0.3 is 0 Å². The Balaban J connectivity index is 1.05. The normalized spacial score (nSPS) is 26.5. The molecule has 2 nitrogen and oxygen atoms in total. The first-order valence-electron chi connectivity index (χ1n) is 20.6. The van der Waals surface area contributed by atoms with E-state index in [0.717, 1.165) is 34.7 Å². The molecule has 6 aliphatic rings. The summed E-state index contributed by atoms with van der Waals surface area (Å²) in [6.07, 6.45) is 9.33. The van der Waals surface area contributed by atoms with Crippen molar-refractivity contribution in [2.45, 2.75) is 88.9 Å². The van der Waals surface area contributed by atoms with Gasteiger partial charge in [0.15, 0.2) is 0 Å².